The van der Waals surface area contributed by atoms with Crippen molar-refractivity contribution in [3.05, 3.63) is 52.0 Å². The van der Waals surface area contributed by atoms with E-state index < -0.39 is 11.5 Å². The van der Waals surface area contributed by atoms with E-state index in [4.69, 9.17) is 5.11 Å². The van der Waals surface area contributed by atoms with Gasteiger partial charge in [0.05, 0.1) is 18.6 Å². The van der Waals surface area contributed by atoms with Crippen LogP contribution in [0.15, 0.2) is 29.5 Å². The fourth-order valence-corrected chi connectivity index (χ4v) is 2.33. The molecule has 0 spiro atoms. The highest BCUT2D eigenvalue weighted by Crippen LogP contribution is 2.35. The van der Waals surface area contributed by atoms with Crippen molar-refractivity contribution in [2.45, 2.75) is 32.4 Å². The summed E-state index contributed by atoms with van der Waals surface area (Å²) in [5.41, 5.74) is 0.998. The van der Waals surface area contributed by atoms with Crippen LogP contribution >= 0.6 is 0 Å². The molecule has 3 rings (SSSR count). The summed E-state index contributed by atoms with van der Waals surface area (Å²) in [5.74, 6) is -1.19. The number of rotatable bonds is 4. The first-order chi connectivity index (χ1) is 9.58. The Labute approximate surface area is 115 Å². The molecule has 0 aliphatic heterocycles. The molecule has 0 unspecified atom stereocenters. The van der Waals surface area contributed by atoms with Crippen LogP contribution in [0.4, 0.5) is 0 Å². The molecule has 1 aliphatic carbocycles. The minimum Gasteiger partial charge on any atom is -0.477 e. The van der Waals surface area contributed by atoms with Crippen LogP contribution in [0.1, 0.15) is 40.6 Å². The quantitative estimate of drug-likeness (QED) is 0.914. The molecule has 6 heteroatoms. The maximum atomic E-state index is 12.2. The number of pyridine rings is 1. The van der Waals surface area contributed by atoms with Crippen molar-refractivity contribution >= 4 is 5.97 Å². The summed E-state index contributed by atoms with van der Waals surface area (Å²) in [6.07, 6.45) is 5.77. The van der Waals surface area contributed by atoms with E-state index in [1.54, 1.807) is 25.5 Å². The van der Waals surface area contributed by atoms with E-state index in [0.29, 0.717) is 12.6 Å². The first kappa shape index (κ1) is 12.7. The molecule has 1 N–H and O–H groups in total. The van der Waals surface area contributed by atoms with Crippen LogP contribution < -0.4 is 5.56 Å². The lowest BCUT2D eigenvalue weighted by Crippen LogP contribution is -2.28. The Hall–Kier alpha value is -2.37. The van der Waals surface area contributed by atoms with Crippen molar-refractivity contribution in [2.24, 2.45) is 0 Å². The first-order valence-electron chi connectivity index (χ1n) is 6.52. The Morgan fingerprint density at radius 3 is 2.85 bits per heavy atom. The molecule has 0 atom stereocenters. The summed E-state index contributed by atoms with van der Waals surface area (Å²) >= 11 is 0. The van der Waals surface area contributed by atoms with Gasteiger partial charge < -0.3 is 14.2 Å². The summed E-state index contributed by atoms with van der Waals surface area (Å²) < 4.78 is 3.55. The molecule has 2 aromatic rings. The number of carboxylic acid groups (broad SMARTS) is 1. The van der Waals surface area contributed by atoms with Crippen LogP contribution in [0.5, 0.6) is 0 Å². The summed E-state index contributed by atoms with van der Waals surface area (Å²) in [6, 6.07) is 3.49. The van der Waals surface area contributed by atoms with Crippen LogP contribution in [0.3, 0.4) is 0 Å². The lowest BCUT2D eigenvalue weighted by Gasteiger charge is -2.12. The number of aryl methyl sites for hydroxylation is 1. The molecular formula is C14H15N3O3. The molecule has 0 bridgehead atoms. The molecule has 2 aromatic heterocycles. The van der Waals surface area contributed by atoms with Gasteiger partial charge in [-0.1, -0.05) is 0 Å². The minimum absolute atomic E-state index is 0.201. The SMILES string of the molecule is Cc1ccc(C(=O)O)c(=O)n1Cc1cncn1C1CC1. The largest absolute Gasteiger partial charge is 0.477 e. The predicted octanol–water partition coefficient (Wildman–Crippen LogP) is 1.43. The van der Waals surface area contributed by atoms with Crippen LogP contribution in [0, 0.1) is 6.92 Å². The molecule has 1 fully saturated rings. The molecule has 104 valence electrons. The van der Waals surface area contributed by atoms with Gasteiger partial charge in [0.25, 0.3) is 5.56 Å². The number of aromatic nitrogens is 3. The van der Waals surface area contributed by atoms with Crippen LogP contribution in [0.25, 0.3) is 0 Å². The van der Waals surface area contributed by atoms with Gasteiger partial charge >= 0.3 is 5.97 Å². The smallest absolute Gasteiger partial charge is 0.341 e. The Bertz CT molecular complexity index is 726. The van der Waals surface area contributed by atoms with Crippen molar-refractivity contribution in [1.82, 2.24) is 14.1 Å². The third kappa shape index (κ3) is 2.13. The molecule has 0 aromatic carbocycles. The second kappa shape index (κ2) is 4.63. The van der Waals surface area contributed by atoms with Gasteiger partial charge in [0.1, 0.15) is 5.56 Å². The number of nitrogens with zero attached hydrogens (tertiary/aromatic N) is 3. The number of imidazole rings is 1. The zero-order valence-corrected chi connectivity index (χ0v) is 11.1. The van der Waals surface area contributed by atoms with Crippen LogP contribution in [0.2, 0.25) is 0 Å². The number of hydrogen-bond donors (Lipinski definition) is 1. The van der Waals surface area contributed by atoms with Gasteiger partial charge in [0.2, 0.25) is 0 Å². The molecule has 20 heavy (non-hydrogen) atoms. The highest BCUT2D eigenvalue weighted by molar-refractivity contribution is 5.87. The molecule has 1 saturated carbocycles. The summed E-state index contributed by atoms with van der Waals surface area (Å²) in [5, 5.41) is 9.03. The number of hydrogen-bond acceptors (Lipinski definition) is 3. The maximum Gasteiger partial charge on any atom is 0.341 e. The first-order valence-corrected chi connectivity index (χ1v) is 6.52. The zero-order chi connectivity index (χ0) is 14.3. The summed E-state index contributed by atoms with van der Waals surface area (Å²) in [7, 11) is 0. The van der Waals surface area contributed by atoms with Gasteiger partial charge in [-0.15, -0.1) is 0 Å². The van der Waals surface area contributed by atoms with E-state index in [-0.39, 0.29) is 5.56 Å². The van der Waals surface area contributed by atoms with E-state index in [1.165, 1.54) is 10.6 Å². The molecule has 0 radical (unpaired) electrons. The second-order valence-corrected chi connectivity index (χ2v) is 5.11. The van der Waals surface area contributed by atoms with Crippen molar-refractivity contribution < 1.29 is 9.90 Å². The van der Waals surface area contributed by atoms with Crippen molar-refractivity contribution in [3.63, 3.8) is 0 Å². The highest BCUT2D eigenvalue weighted by Gasteiger charge is 2.25. The van der Waals surface area contributed by atoms with Gasteiger partial charge in [-0.3, -0.25) is 4.79 Å². The predicted molar refractivity (Wildman–Crippen MR) is 72.0 cm³/mol. The topological polar surface area (TPSA) is 77.1 Å². The van der Waals surface area contributed by atoms with E-state index in [0.717, 1.165) is 24.2 Å². The monoisotopic (exact) mass is 273 g/mol. The number of carboxylic acids is 1. The van der Waals surface area contributed by atoms with Gasteiger partial charge in [0.15, 0.2) is 0 Å². The Morgan fingerprint density at radius 2 is 2.20 bits per heavy atom. The zero-order valence-electron chi connectivity index (χ0n) is 11.1. The Morgan fingerprint density at radius 1 is 1.45 bits per heavy atom. The molecular weight excluding hydrogens is 258 g/mol. The number of carbonyl (C=O) groups is 1. The molecule has 1 aliphatic rings. The highest BCUT2D eigenvalue weighted by atomic mass is 16.4. The average Bonchev–Trinajstić information content (AvgIpc) is 3.14. The van der Waals surface area contributed by atoms with Gasteiger partial charge in [-0.2, -0.15) is 0 Å². The van der Waals surface area contributed by atoms with E-state index >= 15 is 0 Å². The van der Waals surface area contributed by atoms with Gasteiger partial charge in [-0.25, -0.2) is 9.78 Å². The molecule has 0 amide bonds. The summed E-state index contributed by atoms with van der Waals surface area (Å²) in [6.45, 7) is 2.15. The third-order valence-corrected chi connectivity index (χ3v) is 3.63. The van der Waals surface area contributed by atoms with Crippen molar-refractivity contribution in [1.29, 1.82) is 0 Å². The van der Waals surface area contributed by atoms with Gasteiger partial charge in [-0.05, 0) is 31.9 Å². The third-order valence-electron chi connectivity index (χ3n) is 3.63. The Kier molecular flexibility index (Phi) is 2.93. The number of aromatic carboxylic acids is 1. The molecule has 6 nitrogen and oxygen atoms in total. The Balaban J connectivity index is 2.02. The lowest BCUT2D eigenvalue weighted by molar-refractivity contribution is 0.0694. The van der Waals surface area contributed by atoms with Crippen molar-refractivity contribution in [2.75, 3.05) is 0 Å². The molecule has 0 saturated heterocycles. The van der Waals surface area contributed by atoms with Crippen LogP contribution in [-0.2, 0) is 6.54 Å². The fourth-order valence-electron chi connectivity index (χ4n) is 2.33. The summed E-state index contributed by atoms with van der Waals surface area (Å²) in [4.78, 5) is 27.4. The average molecular weight is 273 g/mol. The van der Waals surface area contributed by atoms with E-state index in [9.17, 15) is 9.59 Å². The normalized spacial score (nSPS) is 14.4. The molecule has 2 heterocycles. The minimum atomic E-state index is -1.19. The van der Waals surface area contributed by atoms with Crippen molar-refractivity contribution in [3.8, 4) is 0 Å². The van der Waals surface area contributed by atoms with E-state index in [2.05, 4.69) is 9.55 Å². The fraction of sp³-hybridized carbons (Fsp3) is 0.357. The van der Waals surface area contributed by atoms with Gasteiger partial charge in [0, 0.05) is 17.9 Å². The van der Waals surface area contributed by atoms with Crippen LogP contribution in [-0.4, -0.2) is 25.2 Å². The standard InChI is InChI=1S/C14H15N3O3/c1-9-2-5-12(14(19)20)13(18)16(9)7-11-6-15-8-17(11)10-3-4-10/h2,5-6,8,10H,3-4,7H2,1H3,(H,19,20). The van der Waals surface area contributed by atoms with E-state index in [1.807, 2.05) is 0 Å². The second-order valence-electron chi connectivity index (χ2n) is 5.11. The maximum absolute atomic E-state index is 12.2. The lowest BCUT2D eigenvalue weighted by atomic mass is 10.2.